The fourth-order valence-electron chi connectivity index (χ4n) is 1.82. The van der Waals surface area contributed by atoms with Gasteiger partial charge < -0.3 is 5.73 Å². The lowest BCUT2D eigenvalue weighted by atomic mass is 10.2. The highest BCUT2D eigenvalue weighted by atomic mass is 32.2. The van der Waals surface area contributed by atoms with Gasteiger partial charge in [-0.15, -0.1) is 11.3 Å². The summed E-state index contributed by atoms with van der Waals surface area (Å²) < 4.78 is 27.2. The van der Waals surface area contributed by atoms with E-state index >= 15 is 0 Å². The Morgan fingerprint density at radius 3 is 2.76 bits per heavy atom. The molecule has 0 unspecified atom stereocenters. The molecule has 0 aliphatic heterocycles. The molecule has 0 saturated heterocycles. The lowest BCUT2D eigenvalue weighted by Gasteiger charge is -2.10. The van der Waals surface area contributed by atoms with Gasteiger partial charge in [0, 0.05) is 23.9 Å². The van der Waals surface area contributed by atoms with Crippen molar-refractivity contribution < 1.29 is 8.42 Å². The SMILES string of the molecule is Cc1nc(CCNS(=O)(=O)c2ccccc2C(N)=S)cs1. The number of benzene rings is 1. The van der Waals surface area contributed by atoms with E-state index in [2.05, 4.69) is 9.71 Å². The molecule has 5 nitrogen and oxygen atoms in total. The van der Waals surface area contributed by atoms with Crippen molar-refractivity contribution in [1.82, 2.24) is 9.71 Å². The van der Waals surface area contributed by atoms with E-state index in [0.717, 1.165) is 10.7 Å². The second-order valence-corrected chi connectivity index (χ2v) is 7.60. The zero-order valence-corrected chi connectivity index (χ0v) is 13.8. The molecule has 2 rings (SSSR count). The van der Waals surface area contributed by atoms with Gasteiger partial charge in [-0.25, -0.2) is 18.1 Å². The van der Waals surface area contributed by atoms with Gasteiger partial charge in [0.2, 0.25) is 10.0 Å². The average molecular weight is 341 g/mol. The van der Waals surface area contributed by atoms with Crippen molar-refractivity contribution in [3.8, 4) is 0 Å². The first-order chi connectivity index (χ1) is 9.90. The number of rotatable bonds is 6. The Morgan fingerprint density at radius 2 is 2.14 bits per heavy atom. The minimum atomic E-state index is -3.64. The number of aromatic nitrogens is 1. The van der Waals surface area contributed by atoms with Gasteiger partial charge in [0.25, 0.3) is 0 Å². The Morgan fingerprint density at radius 1 is 1.43 bits per heavy atom. The molecular weight excluding hydrogens is 326 g/mol. The van der Waals surface area contributed by atoms with E-state index in [1.807, 2.05) is 12.3 Å². The summed E-state index contributed by atoms with van der Waals surface area (Å²) in [6.07, 6.45) is 0.540. The molecule has 112 valence electrons. The van der Waals surface area contributed by atoms with Crippen LogP contribution in [0.2, 0.25) is 0 Å². The number of hydrogen-bond acceptors (Lipinski definition) is 5. The van der Waals surface area contributed by atoms with Crippen molar-refractivity contribution in [3.05, 3.63) is 45.9 Å². The maximum Gasteiger partial charge on any atom is 0.241 e. The van der Waals surface area contributed by atoms with E-state index in [1.165, 1.54) is 6.07 Å². The van der Waals surface area contributed by atoms with Crippen molar-refractivity contribution in [3.63, 3.8) is 0 Å². The zero-order chi connectivity index (χ0) is 15.5. The number of aryl methyl sites for hydroxylation is 1. The minimum absolute atomic E-state index is 0.0612. The number of thiazole rings is 1. The second-order valence-electron chi connectivity index (χ2n) is 4.37. The predicted octanol–water partition coefficient (Wildman–Crippen LogP) is 1.61. The maximum absolute atomic E-state index is 12.3. The van der Waals surface area contributed by atoms with E-state index in [4.69, 9.17) is 18.0 Å². The van der Waals surface area contributed by atoms with E-state index < -0.39 is 10.0 Å². The molecule has 0 radical (unpaired) electrons. The molecule has 0 atom stereocenters. The monoisotopic (exact) mass is 341 g/mol. The van der Waals surface area contributed by atoms with Crippen LogP contribution in [0, 0.1) is 6.92 Å². The van der Waals surface area contributed by atoms with Gasteiger partial charge in [0.15, 0.2) is 0 Å². The molecule has 1 aromatic carbocycles. The third-order valence-electron chi connectivity index (χ3n) is 2.78. The predicted molar refractivity (Wildman–Crippen MR) is 88.1 cm³/mol. The summed E-state index contributed by atoms with van der Waals surface area (Å²) in [4.78, 5) is 4.46. The van der Waals surface area contributed by atoms with E-state index in [9.17, 15) is 8.42 Å². The van der Waals surface area contributed by atoms with Gasteiger partial charge in [0.1, 0.15) is 4.99 Å². The van der Waals surface area contributed by atoms with Crippen LogP contribution in [0.5, 0.6) is 0 Å². The van der Waals surface area contributed by atoms with Crippen molar-refractivity contribution in [2.45, 2.75) is 18.2 Å². The standard InChI is InChI=1S/C13H15N3O2S3/c1-9-16-10(8-20-9)6-7-15-21(17,18)12-5-3-2-4-11(12)13(14)19/h2-5,8,15H,6-7H2,1H3,(H2,14,19). The second kappa shape index (κ2) is 6.61. The first-order valence-corrected chi connectivity index (χ1v) is 8.97. The van der Waals surface area contributed by atoms with E-state index in [1.54, 1.807) is 29.5 Å². The van der Waals surface area contributed by atoms with Gasteiger partial charge in [-0.2, -0.15) is 0 Å². The third kappa shape index (κ3) is 4.07. The van der Waals surface area contributed by atoms with Crippen molar-refractivity contribution in [2.24, 2.45) is 5.73 Å². The lowest BCUT2D eigenvalue weighted by molar-refractivity contribution is 0.581. The Balaban J connectivity index is 2.10. The molecule has 0 aliphatic carbocycles. The van der Waals surface area contributed by atoms with Crippen LogP contribution in [0.1, 0.15) is 16.3 Å². The molecule has 1 aromatic heterocycles. The van der Waals surface area contributed by atoms with Crippen LogP contribution in [0.25, 0.3) is 0 Å². The van der Waals surface area contributed by atoms with Crippen molar-refractivity contribution in [1.29, 1.82) is 0 Å². The number of hydrogen-bond donors (Lipinski definition) is 2. The van der Waals surface area contributed by atoms with Crippen LogP contribution in [-0.2, 0) is 16.4 Å². The molecule has 0 aliphatic rings. The fraction of sp³-hybridized carbons (Fsp3) is 0.231. The van der Waals surface area contributed by atoms with Gasteiger partial charge in [-0.05, 0) is 13.0 Å². The molecule has 3 N–H and O–H groups in total. The van der Waals surface area contributed by atoms with Crippen LogP contribution in [0.15, 0.2) is 34.5 Å². The maximum atomic E-state index is 12.3. The quantitative estimate of drug-likeness (QED) is 0.780. The zero-order valence-electron chi connectivity index (χ0n) is 11.4. The molecule has 2 aromatic rings. The largest absolute Gasteiger partial charge is 0.389 e. The number of sulfonamides is 1. The summed E-state index contributed by atoms with van der Waals surface area (Å²) in [7, 11) is -3.64. The number of thiocarbonyl (C=S) groups is 1. The van der Waals surface area contributed by atoms with E-state index in [0.29, 0.717) is 12.0 Å². The highest BCUT2D eigenvalue weighted by molar-refractivity contribution is 7.89. The van der Waals surface area contributed by atoms with Gasteiger partial charge in [-0.3, -0.25) is 0 Å². The molecule has 0 bridgehead atoms. The Labute approximate surface area is 133 Å². The van der Waals surface area contributed by atoms with Gasteiger partial charge in [0.05, 0.1) is 15.6 Å². The smallest absolute Gasteiger partial charge is 0.241 e. The molecule has 0 spiro atoms. The van der Waals surface area contributed by atoms with Crippen LogP contribution in [0.4, 0.5) is 0 Å². The molecule has 0 saturated carbocycles. The summed E-state index contributed by atoms with van der Waals surface area (Å²) >= 11 is 6.43. The van der Waals surface area contributed by atoms with Crippen LogP contribution < -0.4 is 10.5 Å². The lowest BCUT2D eigenvalue weighted by Crippen LogP contribution is -2.28. The Hall–Kier alpha value is -1.35. The first kappa shape index (κ1) is 16.0. The Kier molecular flexibility index (Phi) is 5.04. The van der Waals surface area contributed by atoms with Crippen LogP contribution in [-0.4, -0.2) is 24.9 Å². The normalized spacial score (nSPS) is 11.5. The topological polar surface area (TPSA) is 85.1 Å². The summed E-state index contributed by atoms with van der Waals surface area (Å²) in [5.74, 6) is 0. The molecule has 0 fully saturated rings. The molecule has 8 heteroatoms. The van der Waals surface area contributed by atoms with E-state index in [-0.39, 0.29) is 16.4 Å². The summed E-state index contributed by atoms with van der Waals surface area (Å²) in [6.45, 7) is 2.19. The highest BCUT2D eigenvalue weighted by Gasteiger charge is 2.18. The number of nitrogens with zero attached hydrogens (tertiary/aromatic N) is 1. The third-order valence-corrected chi connectivity index (χ3v) is 5.34. The molecule has 0 amide bonds. The van der Waals surface area contributed by atoms with Crippen LogP contribution >= 0.6 is 23.6 Å². The summed E-state index contributed by atoms with van der Waals surface area (Å²) in [5.41, 5.74) is 6.79. The number of nitrogens with two attached hydrogens (primary N) is 1. The fourth-order valence-corrected chi connectivity index (χ4v) is 3.96. The first-order valence-electron chi connectivity index (χ1n) is 6.19. The minimum Gasteiger partial charge on any atom is -0.389 e. The summed E-state index contributed by atoms with van der Waals surface area (Å²) in [6, 6.07) is 6.43. The highest BCUT2D eigenvalue weighted by Crippen LogP contribution is 2.15. The average Bonchev–Trinajstić information content (AvgIpc) is 2.84. The van der Waals surface area contributed by atoms with Gasteiger partial charge in [-0.1, -0.05) is 30.4 Å². The van der Waals surface area contributed by atoms with Crippen LogP contribution in [0.3, 0.4) is 0 Å². The van der Waals surface area contributed by atoms with Crippen molar-refractivity contribution >= 4 is 38.6 Å². The summed E-state index contributed by atoms with van der Waals surface area (Å²) in [5, 5.41) is 2.89. The van der Waals surface area contributed by atoms with Crippen molar-refractivity contribution in [2.75, 3.05) is 6.54 Å². The molecule has 1 heterocycles. The molecule has 21 heavy (non-hydrogen) atoms. The number of nitrogens with one attached hydrogen (secondary N) is 1. The molecular formula is C13H15N3O2S3. The van der Waals surface area contributed by atoms with Gasteiger partial charge >= 0.3 is 0 Å². The Bertz CT molecular complexity index is 754.